The zero-order chi connectivity index (χ0) is 22.7. The van der Waals surface area contributed by atoms with Crippen LogP contribution in [0.3, 0.4) is 0 Å². The number of hydrogen-bond acceptors (Lipinski definition) is 0. The molecule has 3 unspecified atom stereocenters. The molecule has 0 aromatic heterocycles. The zero-order valence-corrected chi connectivity index (χ0v) is 23.0. The van der Waals surface area contributed by atoms with E-state index in [-0.39, 0.29) is 0 Å². The molecule has 2 heteroatoms. The lowest BCUT2D eigenvalue weighted by atomic mass is 10.0. The van der Waals surface area contributed by atoms with Gasteiger partial charge in [0.1, 0.15) is 0 Å². The first-order valence-corrected chi connectivity index (χ1v) is 19.2. The van der Waals surface area contributed by atoms with Crippen molar-refractivity contribution in [1.82, 2.24) is 0 Å². The lowest BCUT2D eigenvalue weighted by Gasteiger charge is -2.47. The molecule has 0 saturated carbocycles. The fourth-order valence-corrected chi connectivity index (χ4v) is 17.8. The Morgan fingerprint density at radius 2 is 1.56 bits per heavy atom. The second-order valence-corrected chi connectivity index (χ2v) is 21.3. The van der Waals surface area contributed by atoms with Crippen molar-refractivity contribution in [2.24, 2.45) is 0 Å². The second-order valence-electron chi connectivity index (χ2n) is 11.6. The molecule has 0 saturated heterocycles. The smallest absolute Gasteiger partial charge is 0.0755 e. The molecule has 1 aliphatic heterocycles. The molecule has 0 N–H and O–H groups in total. The average Bonchev–Trinajstić information content (AvgIpc) is 3.30. The number of allylic oxidation sites excluding steroid dienone is 4. The van der Waals surface area contributed by atoms with E-state index in [1.807, 2.05) is 5.20 Å². The van der Waals surface area contributed by atoms with Gasteiger partial charge in [-0.05, 0) is 63.7 Å². The van der Waals surface area contributed by atoms with Gasteiger partial charge in [-0.15, -0.1) is 0 Å². The molecule has 0 radical (unpaired) electrons. The molecular weight excluding hydrogens is 417 g/mol. The highest BCUT2D eigenvalue weighted by molar-refractivity contribution is 6.92. The minimum Gasteiger partial charge on any atom is -0.0755 e. The first-order valence-electron chi connectivity index (χ1n) is 12.9. The van der Waals surface area contributed by atoms with E-state index in [1.165, 1.54) is 32.1 Å². The van der Waals surface area contributed by atoms with E-state index in [0.29, 0.717) is 5.54 Å². The highest BCUT2D eigenvalue weighted by Crippen LogP contribution is 2.62. The van der Waals surface area contributed by atoms with Gasteiger partial charge >= 0.3 is 0 Å². The van der Waals surface area contributed by atoms with Crippen molar-refractivity contribution in [3.8, 4) is 0 Å². The van der Waals surface area contributed by atoms with Gasteiger partial charge < -0.3 is 0 Å². The molecule has 1 heterocycles. The summed E-state index contributed by atoms with van der Waals surface area (Å²) in [6, 6.07) is 18.9. The maximum atomic E-state index is 2.73. The minimum absolute atomic E-state index is 0.621. The van der Waals surface area contributed by atoms with Gasteiger partial charge in [0.2, 0.25) is 0 Å². The SMILES string of the molecule is CCCCC1=CC([Si](C)(C)C2=C3CC(CC)[Si](C)(C)C2c2ccccc23)c2ccccc21. The first kappa shape index (κ1) is 22.2. The highest BCUT2D eigenvalue weighted by Gasteiger charge is 2.55. The molecule has 0 fully saturated rings. The van der Waals surface area contributed by atoms with Gasteiger partial charge in [-0.3, -0.25) is 0 Å². The summed E-state index contributed by atoms with van der Waals surface area (Å²) < 4.78 is 0. The summed E-state index contributed by atoms with van der Waals surface area (Å²) in [7, 11) is -3.21. The Morgan fingerprint density at radius 3 is 2.25 bits per heavy atom. The molecule has 2 aromatic rings. The van der Waals surface area contributed by atoms with Crippen molar-refractivity contribution in [2.75, 3.05) is 0 Å². The summed E-state index contributed by atoms with van der Waals surface area (Å²) in [5.41, 5.74) is 12.2. The van der Waals surface area contributed by atoms with Crippen molar-refractivity contribution in [3.05, 3.63) is 82.1 Å². The summed E-state index contributed by atoms with van der Waals surface area (Å²) in [5, 5.41) is 1.94. The fraction of sp³-hybridized carbons (Fsp3) is 0.467. The number of hydrogen-bond donors (Lipinski definition) is 0. The van der Waals surface area contributed by atoms with Gasteiger partial charge in [-0.25, -0.2) is 0 Å². The molecule has 2 bridgehead atoms. The van der Waals surface area contributed by atoms with Gasteiger partial charge in [0.25, 0.3) is 0 Å². The molecule has 3 aliphatic rings. The highest BCUT2D eigenvalue weighted by atomic mass is 28.3. The summed E-state index contributed by atoms with van der Waals surface area (Å²) >= 11 is 0. The Balaban J connectivity index is 1.67. The predicted molar refractivity (Wildman–Crippen MR) is 146 cm³/mol. The standard InChI is InChI=1S/C30H40Si2/c1-7-9-14-21-19-28(25-17-12-10-15-23(21)25)32(5,6)30-27-20-22(8-2)31(3,4)29(30)26-18-13-11-16-24(26)27/h10-13,15-19,22,28-29H,7-9,14,20H2,1-6H3. The molecule has 168 valence electrons. The van der Waals surface area contributed by atoms with Crippen molar-refractivity contribution in [3.63, 3.8) is 0 Å². The molecule has 0 nitrogen and oxygen atoms in total. The van der Waals surface area contributed by atoms with Crippen LogP contribution in [0, 0.1) is 0 Å². The van der Waals surface area contributed by atoms with Crippen molar-refractivity contribution < 1.29 is 0 Å². The molecule has 0 amide bonds. The van der Waals surface area contributed by atoms with E-state index in [0.717, 1.165) is 11.1 Å². The summed E-state index contributed by atoms with van der Waals surface area (Å²) in [5.74, 6) is 0. The van der Waals surface area contributed by atoms with Crippen LogP contribution in [0.2, 0.25) is 31.7 Å². The molecule has 32 heavy (non-hydrogen) atoms. The second kappa shape index (κ2) is 7.99. The first-order chi connectivity index (χ1) is 15.3. The van der Waals surface area contributed by atoms with Crippen LogP contribution in [0.5, 0.6) is 0 Å². The molecule has 0 spiro atoms. The van der Waals surface area contributed by atoms with Crippen LogP contribution >= 0.6 is 0 Å². The van der Waals surface area contributed by atoms with E-state index in [4.69, 9.17) is 0 Å². The maximum Gasteiger partial charge on any atom is 0.0877 e. The molecule has 3 atom stereocenters. The predicted octanol–water partition coefficient (Wildman–Crippen LogP) is 9.13. The van der Waals surface area contributed by atoms with Crippen molar-refractivity contribution in [2.45, 2.75) is 88.8 Å². The van der Waals surface area contributed by atoms with Gasteiger partial charge in [-0.1, -0.05) is 113 Å². The van der Waals surface area contributed by atoms with Gasteiger partial charge in [0.15, 0.2) is 0 Å². The van der Waals surface area contributed by atoms with E-state index >= 15 is 0 Å². The van der Waals surface area contributed by atoms with Crippen LogP contribution in [0.15, 0.2) is 59.8 Å². The Kier molecular flexibility index (Phi) is 5.53. The quantitative estimate of drug-likeness (QED) is 0.380. The van der Waals surface area contributed by atoms with E-state index in [9.17, 15) is 0 Å². The zero-order valence-electron chi connectivity index (χ0n) is 21.0. The summed E-state index contributed by atoms with van der Waals surface area (Å²) in [6.45, 7) is 15.6. The Labute approximate surface area is 197 Å². The molecule has 2 aromatic carbocycles. The normalized spacial score (nSPS) is 25.6. The minimum atomic E-state index is -1.76. The van der Waals surface area contributed by atoms with Gasteiger partial charge in [0, 0.05) is 5.54 Å². The number of benzene rings is 2. The third kappa shape index (κ3) is 3.13. The van der Waals surface area contributed by atoms with E-state index < -0.39 is 16.1 Å². The maximum absolute atomic E-state index is 2.73. The van der Waals surface area contributed by atoms with Crippen LogP contribution in [0.1, 0.15) is 79.3 Å². The van der Waals surface area contributed by atoms with E-state index in [2.05, 4.69) is 94.6 Å². The number of fused-ring (bicyclic) bond motifs is 5. The number of unbranched alkanes of at least 4 members (excludes halogenated alkanes) is 1. The van der Waals surface area contributed by atoms with Crippen LogP contribution in [-0.4, -0.2) is 16.1 Å². The Hall–Kier alpha value is -1.65. The molecular formula is C30H40Si2. The third-order valence-electron chi connectivity index (χ3n) is 9.23. The Bertz CT molecular complexity index is 1100. The number of rotatable bonds is 6. The molecule has 5 rings (SSSR count). The van der Waals surface area contributed by atoms with Crippen molar-refractivity contribution >= 4 is 27.3 Å². The lowest BCUT2D eigenvalue weighted by Crippen LogP contribution is -2.49. The Morgan fingerprint density at radius 1 is 0.906 bits per heavy atom. The van der Waals surface area contributed by atoms with Crippen LogP contribution in [-0.2, 0) is 0 Å². The average molecular weight is 457 g/mol. The summed E-state index contributed by atoms with van der Waals surface area (Å²) in [4.78, 5) is 0. The largest absolute Gasteiger partial charge is 0.0877 e. The topological polar surface area (TPSA) is 0 Å². The lowest BCUT2D eigenvalue weighted by molar-refractivity contribution is 0.757. The molecule has 2 aliphatic carbocycles. The third-order valence-corrected chi connectivity index (χ3v) is 18.3. The van der Waals surface area contributed by atoms with Crippen LogP contribution in [0.4, 0.5) is 0 Å². The monoisotopic (exact) mass is 456 g/mol. The summed E-state index contributed by atoms with van der Waals surface area (Å²) in [6.07, 6.45) is 9.21. The van der Waals surface area contributed by atoms with E-state index in [1.54, 1.807) is 33.4 Å². The van der Waals surface area contributed by atoms with Gasteiger partial charge in [0.05, 0.1) is 16.1 Å². The van der Waals surface area contributed by atoms with Gasteiger partial charge in [-0.2, -0.15) is 0 Å². The fourth-order valence-electron chi connectivity index (χ4n) is 7.46. The van der Waals surface area contributed by atoms with Crippen LogP contribution in [0.25, 0.3) is 11.1 Å². The van der Waals surface area contributed by atoms with Crippen LogP contribution < -0.4 is 0 Å². The van der Waals surface area contributed by atoms with Crippen molar-refractivity contribution in [1.29, 1.82) is 0 Å².